The molecule has 0 amide bonds. The molecule has 0 aliphatic carbocycles. The zero-order valence-electron chi connectivity index (χ0n) is 15.7. The van der Waals surface area contributed by atoms with E-state index >= 15 is 0 Å². The minimum Gasteiger partial charge on any atom is -0.478 e. The maximum Gasteiger partial charge on any atom is 0.335 e. The molecule has 0 saturated carbocycles. The Morgan fingerprint density at radius 1 is 0.933 bits per heavy atom. The Labute approximate surface area is 188 Å². The third kappa shape index (κ3) is 4.26. The Morgan fingerprint density at radius 2 is 1.73 bits per heavy atom. The van der Waals surface area contributed by atoms with Gasteiger partial charge in [0.05, 0.1) is 16.3 Å². The molecule has 0 spiro atoms. The number of carbonyl (C=O) groups is 1. The van der Waals surface area contributed by atoms with E-state index in [1.54, 1.807) is 12.1 Å². The highest BCUT2D eigenvalue weighted by Crippen LogP contribution is 2.28. The van der Waals surface area contributed by atoms with Gasteiger partial charge < -0.3 is 15.0 Å². The fourth-order valence-electron chi connectivity index (χ4n) is 3.41. The molecule has 0 aliphatic rings. The summed E-state index contributed by atoms with van der Waals surface area (Å²) >= 11 is 18.6. The Morgan fingerprint density at radius 3 is 2.50 bits per heavy atom. The normalized spacial score (nSPS) is 11.0. The highest BCUT2D eigenvalue weighted by molar-refractivity contribution is 6.35. The fraction of sp³-hybridized carbons (Fsp3) is 0.0870. The molecule has 0 radical (unpaired) electrons. The number of nitrogens with one attached hydrogen (secondary N) is 1. The molecule has 3 aromatic carbocycles. The van der Waals surface area contributed by atoms with Crippen LogP contribution < -0.4 is 5.32 Å². The van der Waals surface area contributed by atoms with Crippen LogP contribution in [0.3, 0.4) is 0 Å². The molecule has 1 aromatic heterocycles. The van der Waals surface area contributed by atoms with Crippen molar-refractivity contribution in [3.63, 3.8) is 0 Å². The van der Waals surface area contributed by atoms with Gasteiger partial charge in [-0.1, -0.05) is 59.1 Å². The summed E-state index contributed by atoms with van der Waals surface area (Å²) in [4.78, 5) is 11.2. The molecule has 0 atom stereocenters. The molecule has 0 fully saturated rings. The van der Waals surface area contributed by atoms with Crippen LogP contribution in [0.4, 0.5) is 5.69 Å². The molecule has 30 heavy (non-hydrogen) atoms. The van der Waals surface area contributed by atoms with Crippen LogP contribution in [0.2, 0.25) is 15.1 Å². The summed E-state index contributed by atoms with van der Waals surface area (Å²) in [6.07, 6.45) is 2.07. The first kappa shape index (κ1) is 20.6. The van der Waals surface area contributed by atoms with E-state index in [1.807, 2.05) is 24.3 Å². The second-order valence-electron chi connectivity index (χ2n) is 6.89. The maximum atomic E-state index is 11.2. The molecule has 0 unspecified atom stereocenters. The maximum absolute atomic E-state index is 11.2. The van der Waals surface area contributed by atoms with Crippen molar-refractivity contribution >= 4 is 57.4 Å². The number of rotatable bonds is 6. The van der Waals surface area contributed by atoms with Gasteiger partial charge in [-0.3, -0.25) is 0 Å². The van der Waals surface area contributed by atoms with Gasteiger partial charge in [-0.2, -0.15) is 0 Å². The summed E-state index contributed by atoms with van der Waals surface area (Å²) in [6, 6.07) is 18.2. The summed E-state index contributed by atoms with van der Waals surface area (Å²) in [5, 5.41) is 15.3. The second kappa shape index (κ2) is 8.60. The van der Waals surface area contributed by atoms with Gasteiger partial charge in [-0.05, 0) is 47.5 Å². The summed E-state index contributed by atoms with van der Waals surface area (Å²) < 4.78 is 2.14. The standard InChI is InChI=1S/C23H17Cl3N2O2/c24-17-7-5-15(20(26)10-17)12-28-13-16(18-3-1-2-4-22(18)28)11-27-21-9-14(23(29)30)6-8-19(21)25/h1-10,13,27H,11-12H2,(H,29,30). The molecular weight excluding hydrogens is 443 g/mol. The minimum atomic E-state index is -0.994. The predicted octanol–water partition coefficient (Wildman–Crippen LogP) is 6.96. The number of para-hydroxylation sites is 1. The van der Waals surface area contributed by atoms with Crippen molar-refractivity contribution in [3.05, 3.63) is 98.6 Å². The Balaban J connectivity index is 1.64. The van der Waals surface area contributed by atoms with E-state index in [9.17, 15) is 9.90 Å². The average Bonchev–Trinajstić information content (AvgIpc) is 3.07. The molecule has 7 heteroatoms. The summed E-state index contributed by atoms with van der Waals surface area (Å²) in [6.45, 7) is 1.09. The van der Waals surface area contributed by atoms with Gasteiger partial charge in [-0.25, -0.2) is 4.79 Å². The highest BCUT2D eigenvalue weighted by atomic mass is 35.5. The molecule has 0 saturated heterocycles. The van der Waals surface area contributed by atoms with Gasteiger partial charge in [0.15, 0.2) is 0 Å². The molecular formula is C23H17Cl3N2O2. The zero-order valence-corrected chi connectivity index (χ0v) is 18.0. The van der Waals surface area contributed by atoms with Crippen molar-refractivity contribution in [2.45, 2.75) is 13.1 Å². The minimum absolute atomic E-state index is 0.182. The molecule has 1 heterocycles. The largest absolute Gasteiger partial charge is 0.478 e. The number of hydrogen-bond donors (Lipinski definition) is 2. The van der Waals surface area contributed by atoms with Gasteiger partial charge in [-0.15, -0.1) is 0 Å². The van der Waals surface area contributed by atoms with Crippen molar-refractivity contribution in [2.24, 2.45) is 0 Å². The third-order valence-electron chi connectivity index (χ3n) is 4.91. The van der Waals surface area contributed by atoms with Crippen LogP contribution in [0.1, 0.15) is 21.5 Å². The lowest BCUT2D eigenvalue weighted by Crippen LogP contribution is -2.03. The van der Waals surface area contributed by atoms with Crippen LogP contribution in [-0.2, 0) is 13.1 Å². The van der Waals surface area contributed by atoms with Crippen LogP contribution in [0, 0.1) is 0 Å². The van der Waals surface area contributed by atoms with Gasteiger partial charge in [0.1, 0.15) is 0 Å². The lowest BCUT2D eigenvalue weighted by molar-refractivity contribution is 0.0697. The predicted molar refractivity (Wildman–Crippen MR) is 123 cm³/mol. The number of anilines is 1. The van der Waals surface area contributed by atoms with Crippen LogP contribution >= 0.6 is 34.8 Å². The van der Waals surface area contributed by atoms with E-state index < -0.39 is 5.97 Å². The smallest absolute Gasteiger partial charge is 0.335 e. The topological polar surface area (TPSA) is 54.3 Å². The number of nitrogens with zero attached hydrogens (tertiary/aromatic N) is 1. The Kier molecular flexibility index (Phi) is 5.91. The highest BCUT2D eigenvalue weighted by Gasteiger charge is 2.12. The number of benzene rings is 3. The fourth-order valence-corrected chi connectivity index (χ4v) is 4.06. The lowest BCUT2D eigenvalue weighted by Gasteiger charge is -2.09. The molecule has 4 nitrogen and oxygen atoms in total. The van der Waals surface area contributed by atoms with Gasteiger partial charge in [0.25, 0.3) is 0 Å². The number of carboxylic acids is 1. The van der Waals surface area contributed by atoms with Crippen molar-refractivity contribution in [1.29, 1.82) is 0 Å². The van der Waals surface area contributed by atoms with E-state index in [2.05, 4.69) is 28.2 Å². The van der Waals surface area contributed by atoms with Crippen molar-refractivity contribution in [3.8, 4) is 0 Å². The Hall–Kier alpha value is -2.66. The first-order valence-corrected chi connectivity index (χ1v) is 10.3. The molecule has 4 aromatic rings. The summed E-state index contributed by atoms with van der Waals surface area (Å²) in [5.74, 6) is -0.994. The SMILES string of the molecule is O=C(O)c1ccc(Cl)c(NCc2cn(Cc3ccc(Cl)cc3Cl)c3ccccc23)c1. The van der Waals surface area contributed by atoms with E-state index in [0.29, 0.717) is 33.8 Å². The zero-order chi connectivity index (χ0) is 21.3. The van der Waals surface area contributed by atoms with Gasteiger partial charge in [0.2, 0.25) is 0 Å². The number of aromatic carboxylic acids is 1. The molecule has 4 rings (SSSR count). The number of halogens is 3. The van der Waals surface area contributed by atoms with Crippen LogP contribution in [0.5, 0.6) is 0 Å². The molecule has 0 aliphatic heterocycles. The third-order valence-corrected chi connectivity index (χ3v) is 5.83. The molecule has 0 bridgehead atoms. The average molecular weight is 460 g/mol. The second-order valence-corrected chi connectivity index (χ2v) is 8.14. The summed E-state index contributed by atoms with van der Waals surface area (Å²) in [5.41, 5.74) is 3.87. The molecule has 152 valence electrons. The van der Waals surface area contributed by atoms with Crippen LogP contribution in [0.15, 0.2) is 66.9 Å². The van der Waals surface area contributed by atoms with Crippen LogP contribution in [-0.4, -0.2) is 15.6 Å². The first-order chi connectivity index (χ1) is 14.4. The number of fused-ring (bicyclic) bond motifs is 1. The van der Waals surface area contributed by atoms with E-state index in [0.717, 1.165) is 22.0 Å². The summed E-state index contributed by atoms with van der Waals surface area (Å²) in [7, 11) is 0. The van der Waals surface area contributed by atoms with Crippen molar-refractivity contribution in [1.82, 2.24) is 4.57 Å². The van der Waals surface area contributed by atoms with Crippen LogP contribution in [0.25, 0.3) is 10.9 Å². The van der Waals surface area contributed by atoms with Gasteiger partial charge in [0, 0.05) is 40.2 Å². The van der Waals surface area contributed by atoms with Crippen molar-refractivity contribution in [2.75, 3.05) is 5.32 Å². The lowest BCUT2D eigenvalue weighted by atomic mass is 10.1. The van der Waals surface area contributed by atoms with E-state index in [-0.39, 0.29) is 5.56 Å². The first-order valence-electron chi connectivity index (χ1n) is 9.20. The number of hydrogen-bond acceptors (Lipinski definition) is 2. The number of carboxylic acid groups (broad SMARTS) is 1. The van der Waals surface area contributed by atoms with E-state index in [1.165, 1.54) is 12.1 Å². The van der Waals surface area contributed by atoms with Crippen molar-refractivity contribution < 1.29 is 9.90 Å². The molecule has 2 N–H and O–H groups in total. The Bertz CT molecular complexity index is 1250. The number of aromatic nitrogens is 1. The van der Waals surface area contributed by atoms with E-state index in [4.69, 9.17) is 34.8 Å². The quantitative estimate of drug-likeness (QED) is 0.328. The monoisotopic (exact) mass is 458 g/mol. The van der Waals surface area contributed by atoms with Gasteiger partial charge >= 0.3 is 5.97 Å².